The molecule has 0 aromatic rings. The topological polar surface area (TPSA) is 44.8 Å². The Hall–Kier alpha value is -0.0700. The summed E-state index contributed by atoms with van der Waals surface area (Å²) in [6, 6.07) is 1.14. The molecule has 1 amide bonds. The van der Waals surface area contributed by atoms with Crippen LogP contribution in [0.2, 0.25) is 0 Å². The van der Waals surface area contributed by atoms with Crippen LogP contribution in [0, 0.1) is 0 Å². The third-order valence-electron chi connectivity index (χ3n) is 4.54. The third kappa shape index (κ3) is 5.91. The molecule has 0 radical (unpaired) electrons. The molecule has 5 nitrogen and oxygen atoms in total. The van der Waals surface area contributed by atoms with E-state index in [9.17, 15) is 4.79 Å². The first-order valence-electron chi connectivity index (χ1n) is 7.35. The largest absolute Gasteiger partial charge is 0.378 e. The Labute approximate surface area is 140 Å². The number of hydrogen-bond acceptors (Lipinski definition) is 4. The lowest BCUT2D eigenvalue weighted by Crippen LogP contribution is -2.50. The van der Waals surface area contributed by atoms with Crippen LogP contribution in [0.1, 0.15) is 26.2 Å². The Bertz CT molecular complexity index is 315. The Morgan fingerprint density at radius 3 is 2.71 bits per heavy atom. The molecule has 2 saturated heterocycles. The molecule has 0 aliphatic carbocycles. The minimum Gasteiger partial charge on any atom is -0.378 e. The fraction of sp³-hybridized carbons (Fsp3) is 0.929. The molecule has 0 aromatic carbocycles. The highest BCUT2D eigenvalue weighted by Gasteiger charge is 2.29. The van der Waals surface area contributed by atoms with Crippen molar-refractivity contribution in [3.63, 3.8) is 0 Å². The molecule has 21 heavy (non-hydrogen) atoms. The number of carbonyl (C=O) groups is 1. The van der Waals surface area contributed by atoms with Gasteiger partial charge in [-0.15, -0.1) is 24.8 Å². The number of piperidine rings is 1. The van der Waals surface area contributed by atoms with Gasteiger partial charge in [0.15, 0.2) is 0 Å². The Balaban J connectivity index is 0.00000200. The van der Waals surface area contributed by atoms with Gasteiger partial charge in [-0.3, -0.25) is 4.79 Å². The van der Waals surface area contributed by atoms with E-state index >= 15 is 0 Å². The minimum absolute atomic E-state index is 0. The Morgan fingerprint density at radius 2 is 2.14 bits per heavy atom. The van der Waals surface area contributed by atoms with Gasteiger partial charge in [0.1, 0.15) is 0 Å². The second-order valence-corrected chi connectivity index (χ2v) is 5.94. The molecule has 3 unspecified atom stereocenters. The highest BCUT2D eigenvalue weighted by Crippen LogP contribution is 2.20. The lowest BCUT2D eigenvalue weighted by atomic mass is 9.97. The molecule has 2 aliphatic heterocycles. The summed E-state index contributed by atoms with van der Waals surface area (Å²) in [5.74, 6) is 0.241. The van der Waals surface area contributed by atoms with Crippen LogP contribution in [-0.4, -0.2) is 74.2 Å². The van der Waals surface area contributed by atoms with E-state index in [2.05, 4.69) is 24.2 Å². The molecule has 1 N–H and O–H groups in total. The van der Waals surface area contributed by atoms with E-state index in [1.54, 1.807) is 0 Å². The summed E-state index contributed by atoms with van der Waals surface area (Å²) in [6.45, 7) is 5.58. The number of nitrogens with zero attached hydrogens (tertiary/aromatic N) is 2. The third-order valence-corrected chi connectivity index (χ3v) is 4.54. The molecule has 0 bridgehead atoms. The number of nitrogens with one attached hydrogen (secondary N) is 1. The van der Waals surface area contributed by atoms with Crippen LogP contribution in [0.3, 0.4) is 0 Å². The van der Waals surface area contributed by atoms with Crippen molar-refractivity contribution in [2.24, 2.45) is 0 Å². The SMILES string of the molecule is CC1CC(N(C)C(=O)CC2COCCN2)CCN1C.Cl.Cl. The van der Waals surface area contributed by atoms with Gasteiger partial charge < -0.3 is 19.9 Å². The van der Waals surface area contributed by atoms with Gasteiger partial charge >= 0.3 is 0 Å². The standard InChI is InChI=1S/C14H27N3O2.2ClH/c1-11-8-13(4-6-16(11)2)17(3)14(18)9-12-10-19-7-5-15-12;;/h11-13,15H,4-10H2,1-3H3;2*1H. The van der Waals surface area contributed by atoms with E-state index < -0.39 is 0 Å². The molecule has 2 rings (SSSR count). The van der Waals surface area contributed by atoms with Crippen molar-refractivity contribution in [3.05, 3.63) is 0 Å². The molecule has 0 aromatic heterocycles. The van der Waals surface area contributed by atoms with Crippen molar-refractivity contribution < 1.29 is 9.53 Å². The van der Waals surface area contributed by atoms with Crippen LogP contribution in [0.15, 0.2) is 0 Å². The number of morpholine rings is 1. The van der Waals surface area contributed by atoms with Crippen molar-refractivity contribution in [1.29, 1.82) is 0 Å². The maximum Gasteiger partial charge on any atom is 0.224 e. The van der Waals surface area contributed by atoms with Gasteiger partial charge in [0, 0.05) is 44.7 Å². The zero-order chi connectivity index (χ0) is 13.8. The first kappa shape index (κ1) is 20.9. The molecular formula is C14H29Cl2N3O2. The van der Waals surface area contributed by atoms with Gasteiger partial charge in [-0.1, -0.05) is 0 Å². The van der Waals surface area contributed by atoms with Gasteiger partial charge in [-0.2, -0.15) is 0 Å². The summed E-state index contributed by atoms with van der Waals surface area (Å²) in [6.07, 6.45) is 2.71. The molecule has 2 fully saturated rings. The summed E-state index contributed by atoms with van der Waals surface area (Å²) < 4.78 is 5.40. The van der Waals surface area contributed by atoms with E-state index in [0.29, 0.717) is 25.1 Å². The Kier molecular flexibility index (Phi) is 9.81. The van der Waals surface area contributed by atoms with Crippen molar-refractivity contribution in [2.75, 3.05) is 40.4 Å². The fourth-order valence-electron chi connectivity index (χ4n) is 2.93. The molecule has 0 spiro atoms. The van der Waals surface area contributed by atoms with E-state index in [1.807, 2.05) is 11.9 Å². The first-order chi connectivity index (χ1) is 9.08. The fourth-order valence-corrected chi connectivity index (χ4v) is 2.93. The number of halogens is 2. The zero-order valence-corrected chi connectivity index (χ0v) is 14.8. The number of rotatable bonds is 3. The maximum absolute atomic E-state index is 12.3. The maximum atomic E-state index is 12.3. The van der Waals surface area contributed by atoms with E-state index in [4.69, 9.17) is 4.74 Å². The monoisotopic (exact) mass is 341 g/mol. The molecule has 126 valence electrons. The minimum atomic E-state index is 0. The van der Waals surface area contributed by atoms with Crippen LogP contribution < -0.4 is 5.32 Å². The van der Waals surface area contributed by atoms with Crippen molar-refractivity contribution in [1.82, 2.24) is 15.1 Å². The predicted molar refractivity (Wildman–Crippen MR) is 89.6 cm³/mol. The number of amides is 1. The first-order valence-corrected chi connectivity index (χ1v) is 7.35. The van der Waals surface area contributed by atoms with Gasteiger partial charge in [-0.05, 0) is 26.8 Å². The van der Waals surface area contributed by atoms with Gasteiger partial charge in [0.25, 0.3) is 0 Å². The van der Waals surface area contributed by atoms with Crippen LogP contribution in [-0.2, 0) is 9.53 Å². The number of hydrogen-bond donors (Lipinski definition) is 1. The van der Waals surface area contributed by atoms with E-state index in [0.717, 1.165) is 32.5 Å². The van der Waals surface area contributed by atoms with Crippen LogP contribution in [0.25, 0.3) is 0 Å². The lowest BCUT2D eigenvalue weighted by Gasteiger charge is -2.39. The Morgan fingerprint density at radius 1 is 1.43 bits per heavy atom. The highest BCUT2D eigenvalue weighted by molar-refractivity contribution is 5.85. The number of ether oxygens (including phenoxy) is 1. The number of likely N-dealkylation sites (tertiary alicyclic amines) is 1. The number of carbonyl (C=O) groups excluding carboxylic acids is 1. The second-order valence-electron chi connectivity index (χ2n) is 5.94. The van der Waals surface area contributed by atoms with E-state index in [1.165, 1.54) is 0 Å². The quantitative estimate of drug-likeness (QED) is 0.836. The summed E-state index contributed by atoms with van der Waals surface area (Å²) in [5.41, 5.74) is 0. The molecular weight excluding hydrogens is 313 g/mol. The summed E-state index contributed by atoms with van der Waals surface area (Å²) in [5, 5.41) is 3.34. The molecule has 2 heterocycles. The second kappa shape index (κ2) is 9.85. The van der Waals surface area contributed by atoms with Crippen LogP contribution in [0.4, 0.5) is 0 Å². The average molecular weight is 342 g/mol. The molecule has 0 saturated carbocycles. The average Bonchev–Trinajstić information content (AvgIpc) is 2.42. The molecule has 3 atom stereocenters. The summed E-state index contributed by atoms with van der Waals surface area (Å²) >= 11 is 0. The van der Waals surface area contributed by atoms with Crippen molar-refractivity contribution >= 4 is 30.7 Å². The highest BCUT2D eigenvalue weighted by atomic mass is 35.5. The predicted octanol–water partition coefficient (Wildman–Crippen LogP) is 1.15. The smallest absolute Gasteiger partial charge is 0.224 e. The summed E-state index contributed by atoms with van der Waals surface area (Å²) in [4.78, 5) is 16.6. The van der Waals surface area contributed by atoms with Gasteiger partial charge in [0.2, 0.25) is 5.91 Å². The molecule has 7 heteroatoms. The normalized spacial score (nSPS) is 30.0. The summed E-state index contributed by atoms with van der Waals surface area (Å²) in [7, 11) is 4.11. The van der Waals surface area contributed by atoms with Gasteiger partial charge in [-0.25, -0.2) is 0 Å². The van der Waals surface area contributed by atoms with Crippen LogP contribution in [0.5, 0.6) is 0 Å². The van der Waals surface area contributed by atoms with E-state index in [-0.39, 0.29) is 36.8 Å². The molecule has 2 aliphatic rings. The van der Waals surface area contributed by atoms with Crippen LogP contribution >= 0.6 is 24.8 Å². The van der Waals surface area contributed by atoms with Crippen molar-refractivity contribution in [3.8, 4) is 0 Å². The zero-order valence-electron chi connectivity index (χ0n) is 13.2. The lowest BCUT2D eigenvalue weighted by molar-refractivity contribution is -0.134. The van der Waals surface area contributed by atoms with Gasteiger partial charge in [0.05, 0.1) is 13.2 Å². The van der Waals surface area contributed by atoms with Crippen molar-refractivity contribution in [2.45, 2.75) is 44.3 Å².